The fourth-order valence-corrected chi connectivity index (χ4v) is 5.13. The van der Waals surface area contributed by atoms with E-state index >= 15 is 0 Å². The molecular weight excluding hydrogens is 655 g/mol. The lowest BCUT2D eigenvalue weighted by atomic mass is 9.94. The molecule has 0 bridgehead atoms. The lowest BCUT2D eigenvalue weighted by molar-refractivity contribution is -0.271. The molecule has 4 rings (SSSR count). The van der Waals surface area contributed by atoms with Crippen LogP contribution in [0, 0.1) is 5.41 Å². The number of ether oxygens (including phenoxy) is 5. The zero-order valence-corrected chi connectivity index (χ0v) is 26.3. The Hall–Kier alpha value is -3.97. The number of nitrogens with one attached hydrogen (secondary N) is 1. The van der Waals surface area contributed by atoms with Gasteiger partial charge in [0.05, 0.1) is 11.1 Å². The van der Waals surface area contributed by atoms with Crippen LogP contribution in [0.5, 0.6) is 0 Å². The van der Waals surface area contributed by atoms with E-state index in [2.05, 4.69) is 0 Å². The third kappa shape index (κ3) is 7.64. The fraction of sp³-hybridized carbons (Fsp3) is 0.333. The first-order chi connectivity index (χ1) is 21.2. The SMILES string of the molecule is CC(=O)OC[C@H]1O[C@H](OC(=N)C(Cl)(Cl)Cl)[C@H](N2C(=O)C(c3ccccc3)=C(c3ccccc3)C2=O)[C@@H](OC(C)=O)[C@@H]1OC(C)=O. The van der Waals surface area contributed by atoms with E-state index in [1.165, 1.54) is 0 Å². The highest BCUT2D eigenvalue weighted by molar-refractivity contribution is 6.76. The van der Waals surface area contributed by atoms with E-state index < -0.39 is 76.7 Å². The molecule has 1 fully saturated rings. The number of benzene rings is 2. The van der Waals surface area contributed by atoms with E-state index in [1.807, 2.05) is 0 Å². The van der Waals surface area contributed by atoms with Crippen molar-refractivity contribution in [1.82, 2.24) is 4.90 Å². The number of esters is 3. The first-order valence-electron chi connectivity index (χ1n) is 13.4. The van der Waals surface area contributed by atoms with Crippen LogP contribution in [0.25, 0.3) is 11.1 Å². The maximum absolute atomic E-state index is 14.4. The lowest BCUT2D eigenvalue weighted by Crippen LogP contribution is -2.68. The number of carbonyl (C=O) groups is 5. The Kier molecular flexibility index (Phi) is 10.5. The van der Waals surface area contributed by atoms with Gasteiger partial charge < -0.3 is 23.7 Å². The Morgan fingerprint density at radius 3 is 1.67 bits per heavy atom. The minimum Gasteiger partial charge on any atom is -0.463 e. The van der Waals surface area contributed by atoms with Crippen molar-refractivity contribution in [2.45, 2.75) is 55.2 Å². The topological polar surface area (TPSA) is 159 Å². The van der Waals surface area contributed by atoms with Gasteiger partial charge in [0.25, 0.3) is 15.6 Å². The number of alkyl halides is 3. The summed E-state index contributed by atoms with van der Waals surface area (Å²) in [7, 11) is 0. The summed E-state index contributed by atoms with van der Waals surface area (Å²) in [4.78, 5) is 65.9. The molecule has 0 spiro atoms. The molecule has 45 heavy (non-hydrogen) atoms. The summed E-state index contributed by atoms with van der Waals surface area (Å²) < 4.78 is 25.3. The number of halogens is 3. The van der Waals surface area contributed by atoms with Crippen LogP contribution < -0.4 is 0 Å². The van der Waals surface area contributed by atoms with Gasteiger partial charge in [-0.2, -0.15) is 0 Å². The Bertz CT molecular complexity index is 1470. The van der Waals surface area contributed by atoms with Gasteiger partial charge in [0.2, 0.25) is 12.2 Å². The van der Waals surface area contributed by atoms with Gasteiger partial charge in [-0.1, -0.05) is 95.5 Å². The van der Waals surface area contributed by atoms with Crippen molar-refractivity contribution in [3.05, 3.63) is 71.8 Å². The molecule has 15 heteroatoms. The standard InChI is InChI=1S/C30H27Cl3N2O10/c1-15(36)41-14-20-24(42-16(2)37)25(43-17(3)38)23(28(44-20)45-29(34)30(31,32)33)35-26(39)21(18-10-6-4-7-11-18)22(27(35)40)19-12-8-5-9-13-19/h4-13,20,23-25,28,34H,14H2,1-3H3/t20-,23-,24-,25-,28-/m1/s1. The van der Waals surface area contributed by atoms with Crippen molar-refractivity contribution in [2.24, 2.45) is 0 Å². The van der Waals surface area contributed by atoms with Crippen molar-refractivity contribution < 1.29 is 47.7 Å². The quantitative estimate of drug-likeness (QED) is 0.108. The van der Waals surface area contributed by atoms with Gasteiger partial charge in [-0.3, -0.25) is 34.3 Å². The van der Waals surface area contributed by atoms with Crippen molar-refractivity contribution in [3.63, 3.8) is 0 Å². The highest BCUT2D eigenvalue weighted by Gasteiger charge is 2.59. The Morgan fingerprint density at radius 2 is 1.24 bits per heavy atom. The molecule has 2 aliphatic heterocycles. The molecule has 0 radical (unpaired) electrons. The van der Waals surface area contributed by atoms with Crippen LogP contribution in [0.15, 0.2) is 60.7 Å². The van der Waals surface area contributed by atoms with Crippen LogP contribution in [-0.4, -0.2) is 81.6 Å². The summed E-state index contributed by atoms with van der Waals surface area (Å²) in [5, 5.41) is 8.22. The molecular formula is C30H27Cl3N2O10. The summed E-state index contributed by atoms with van der Waals surface area (Å²) in [6.07, 6.45) is -6.47. The van der Waals surface area contributed by atoms with Crippen molar-refractivity contribution in [1.29, 1.82) is 5.41 Å². The molecule has 5 atom stereocenters. The van der Waals surface area contributed by atoms with E-state index in [4.69, 9.17) is 63.9 Å². The molecule has 2 aromatic carbocycles. The third-order valence-electron chi connectivity index (χ3n) is 6.70. The van der Waals surface area contributed by atoms with Crippen LogP contribution in [0.1, 0.15) is 31.9 Å². The van der Waals surface area contributed by atoms with Crippen LogP contribution in [0.3, 0.4) is 0 Å². The second-order valence-electron chi connectivity index (χ2n) is 9.89. The Morgan fingerprint density at radius 1 is 0.778 bits per heavy atom. The van der Waals surface area contributed by atoms with E-state index in [1.54, 1.807) is 60.7 Å². The molecule has 238 valence electrons. The highest BCUT2D eigenvalue weighted by atomic mass is 35.6. The maximum atomic E-state index is 14.4. The van der Waals surface area contributed by atoms with Crippen molar-refractivity contribution in [2.75, 3.05) is 6.61 Å². The van der Waals surface area contributed by atoms with E-state index in [9.17, 15) is 24.0 Å². The van der Waals surface area contributed by atoms with Gasteiger partial charge in [-0.05, 0) is 11.1 Å². The second-order valence-corrected chi connectivity index (χ2v) is 12.2. The summed E-state index contributed by atoms with van der Waals surface area (Å²) in [6, 6.07) is 15.0. The molecule has 2 heterocycles. The van der Waals surface area contributed by atoms with E-state index in [-0.39, 0.29) is 11.1 Å². The van der Waals surface area contributed by atoms with Crippen LogP contribution in [-0.2, 0) is 47.7 Å². The van der Waals surface area contributed by atoms with Crippen LogP contribution in [0.4, 0.5) is 0 Å². The Labute approximate surface area is 272 Å². The second kappa shape index (κ2) is 14.0. The molecule has 0 aliphatic carbocycles. The van der Waals surface area contributed by atoms with Crippen LogP contribution in [0.2, 0.25) is 0 Å². The maximum Gasteiger partial charge on any atom is 0.303 e. The van der Waals surface area contributed by atoms with E-state index in [0.717, 1.165) is 25.7 Å². The van der Waals surface area contributed by atoms with Crippen molar-refractivity contribution >= 4 is 81.6 Å². The largest absolute Gasteiger partial charge is 0.463 e. The number of hydrogen-bond donors (Lipinski definition) is 1. The number of hydrogen-bond acceptors (Lipinski definition) is 11. The average molecular weight is 682 g/mol. The molecule has 0 saturated carbocycles. The van der Waals surface area contributed by atoms with Crippen LogP contribution >= 0.6 is 34.8 Å². The Balaban J connectivity index is 1.92. The molecule has 12 nitrogen and oxygen atoms in total. The molecule has 1 N–H and O–H groups in total. The summed E-state index contributed by atoms with van der Waals surface area (Å²) in [6.45, 7) is 2.68. The molecule has 2 aliphatic rings. The summed E-state index contributed by atoms with van der Waals surface area (Å²) >= 11 is 17.6. The first-order valence-corrected chi connectivity index (χ1v) is 14.5. The van der Waals surface area contributed by atoms with Gasteiger partial charge in [0, 0.05) is 20.8 Å². The first kappa shape index (κ1) is 33.9. The zero-order chi connectivity index (χ0) is 33.1. The lowest BCUT2D eigenvalue weighted by Gasteiger charge is -2.47. The fourth-order valence-electron chi connectivity index (χ4n) is 5.00. The number of carbonyl (C=O) groups excluding carboxylic acids is 5. The highest BCUT2D eigenvalue weighted by Crippen LogP contribution is 2.41. The van der Waals surface area contributed by atoms with E-state index in [0.29, 0.717) is 11.1 Å². The monoisotopic (exact) mass is 680 g/mol. The number of amides is 2. The number of imide groups is 1. The predicted molar refractivity (Wildman–Crippen MR) is 161 cm³/mol. The van der Waals surface area contributed by atoms with Gasteiger partial charge in [0.1, 0.15) is 18.8 Å². The third-order valence-corrected chi connectivity index (χ3v) is 7.21. The minimum atomic E-state index is -2.43. The zero-order valence-electron chi connectivity index (χ0n) is 24.0. The molecule has 2 amide bonds. The average Bonchev–Trinajstić information content (AvgIpc) is 3.22. The van der Waals surface area contributed by atoms with Gasteiger partial charge in [0.15, 0.2) is 12.2 Å². The van der Waals surface area contributed by atoms with Gasteiger partial charge in [-0.15, -0.1) is 0 Å². The minimum absolute atomic E-state index is 0.00894. The molecule has 2 aromatic rings. The van der Waals surface area contributed by atoms with Crippen molar-refractivity contribution in [3.8, 4) is 0 Å². The molecule has 0 unspecified atom stereocenters. The van der Waals surface area contributed by atoms with Gasteiger partial charge in [-0.25, -0.2) is 0 Å². The molecule has 1 saturated heterocycles. The summed E-state index contributed by atoms with van der Waals surface area (Å²) in [5.74, 6) is -5.14. The van der Waals surface area contributed by atoms with Gasteiger partial charge >= 0.3 is 17.9 Å². The normalized spacial score (nSPS) is 23.4. The number of rotatable bonds is 8. The molecule has 0 aromatic heterocycles. The number of nitrogens with zero attached hydrogens (tertiary/aromatic N) is 1. The predicted octanol–water partition coefficient (Wildman–Crippen LogP) is 3.85. The summed E-state index contributed by atoms with van der Waals surface area (Å²) in [5.41, 5.74) is 0.812. The smallest absolute Gasteiger partial charge is 0.303 e.